The minimum absolute atomic E-state index is 0.103. The average Bonchev–Trinajstić information content (AvgIpc) is 2.67. The summed E-state index contributed by atoms with van der Waals surface area (Å²) in [6.45, 7) is 7.28. The molecule has 0 bridgehead atoms. The standard InChI is InChI=1S/C19H25N3O6/c1-7-27-17(23)13-10(3)21-11(4)14(18(24)28-8-2)15(13)12-9-20-19(26-6)22-16(12)25-5/h9,15,21H,7-8H2,1-6H3. The Morgan fingerprint density at radius 3 is 1.96 bits per heavy atom. The molecule has 0 unspecified atom stereocenters. The number of ether oxygens (including phenoxy) is 4. The van der Waals surface area contributed by atoms with Crippen molar-refractivity contribution in [1.29, 1.82) is 0 Å². The summed E-state index contributed by atoms with van der Waals surface area (Å²) in [4.78, 5) is 33.8. The van der Waals surface area contributed by atoms with E-state index in [1.165, 1.54) is 20.4 Å². The van der Waals surface area contributed by atoms with Gasteiger partial charge in [0.2, 0.25) is 5.88 Å². The molecule has 1 aromatic heterocycles. The Labute approximate surface area is 163 Å². The normalized spacial score (nSPS) is 14.5. The van der Waals surface area contributed by atoms with Gasteiger partial charge in [-0.25, -0.2) is 14.6 Å². The van der Waals surface area contributed by atoms with Gasteiger partial charge in [-0.1, -0.05) is 0 Å². The van der Waals surface area contributed by atoms with Crippen molar-refractivity contribution in [2.24, 2.45) is 0 Å². The molecule has 152 valence electrons. The van der Waals surface area contributed by atoms with E-state index >= 15 is 0 Å². The van der Waals surface area contributed by atoms with E-state index < -0.39 is 17.9 Å². The Morgan fingerprint density at radius 2 is 1.54 bits per heavy atom. The fourth-order valence-electron chi connectivity index (χ4n) is 3.08. The first-order valence-corrected chi connectivity index (χ1v) is 8.87. The van der Waals surface area contributed by atoms with Gasteiger partial charge in [0.05, 0.1) is 44.5 Å². The lowest BCUT2D eigenvalue weighted by molar-refractivity contribution is -0.139. The van der Waals surface area contributed by atoms with E-state index in [2.05, 4.69) is 15.3 Å². The van der Waals surface area contributed by atoms with Crippen molar-refractivity contribution in [3.63, 3.8) is 0 Å². The first kappa shape index (κ1) is 21.2. The van der Waals surface area contributed by atoms with Gasteiger partial charge < -0.3 is 24.3 Å². The number of hydrogen-bond donors (Lipinski definition) is 1. The third-order valence-corrected chi connectivity index (χ3v) is 4.20. The summed E-state index contributed by atoms with van der Waals surface area (Å²) in [6.07, 6.45) is 1.47. The largest absolute Gasteiger partial charge is 0.481 e. The summed E-state index contributed by atoms with van der Waals surface area (Å²) in [5.74, 6) is -1.74. The molecular weight excluding hydrogens is 366 g/mol. The van der Waals surface area contributed by atoms with Gasteiger partial charge in [0.25, 0.3) is 0 Å². The first-order valence-electron chi connectivity index (χ1n) is 8.87. The van der Waals surface area contributed by atoms with E-state index in [-0.39, 0.29) is 36.3 Å². The third-order valence-electron chi connectivity index (χ3n) is 4.20. The Morgan fingerprint density at radius 1 is 1.00 bits per heavy atom. The summed E-state index contributed by atoms with van der Waals surface area (Å²) in [6, 6.07) is 0.103. The SMILES string of the molecule is CCOC(=O)C1=C(C)NC(C)=C(C(=O)OCC)C1c1cnc(OC)nc1OC. The second-order valence-corrected chi connectivity index (χ2v) is 5.90. The van der Waals surface area contributed by atoms with Crippen LogP contribution >= 0.6 is 0 Å². The molecule has 1 aliphatic rings. The highest BCUT2D eigenvalue weighted by Gasteiger charge is 2.40. The molecule has 1 aromatic rings. The van der Waals surface area contributed by atoms with Crippen molar-refractivity contribution in [3.8, 4) is 11.9 Å². The molecule has 0 radical (unpaired) electrons. The van der Waals surface area contributed by atoms with Gasteiger partial charge in [-0.05, 0) is 27.7 Å². The minimum Gasteiger partial charge on any atom is -0.481 e. The molecule has 0 atom stereocenters. The number of dihydropyridines is 1. The first-order chi connectivity index (χ1) is 13.4. The molecule has 0 saturated heterocycles. The van der Waals surface area contributed by atoms with Crippen LogP contribution in [0.3, 0.4) is 0 Å². The maximum absolute atomic E-state index is 12.7. The lowest BCUT2D eigenvalue weighted by atomic mass is 9.81. The number of allylic oxidation sites excluding steroid dienone is 2. The van der Waals surface area contributed by atoms with Crippen molar-refractivity contribution in [3.05, 3.63) is 34.3 Å². The van der Waals surface area contributed by atoms with Crippen molar-refractivity contribution in [2.45, 2.75) is 33.6 Å². The molecule has 1 aliphatic heterocycles. The summed E-state index contributed by atoms with van der Waals surface area (Å²) >= 11 is 0. The van der Waals surface area contributed by atoms with E-state index in [9.17, 15) is 9.59 Å². The van der Waals surface area contributed by atoms with Crippen LogP contribution in [-0.2, 0) is 19.1 Å². The monoisotopic (exact) mass is 391 g/mol. The second kappa shape index (κ2) is 9.20. The number of esters is 2. The molecule has 9 nitrogen and oxygen atoms in total. The predicted molar refractivity (Wildman–Crippen MR) is 99.7 cm³/mol. The Bertz CT molecular complexity index is 791. The second-order valence-electron chi connectivity index (χ2n) is 5.90. The van der Waals surface area contributed by atoms with E-state index in [0.29, 0.717) is 17.0 Å². The molecular formula is C19H25N3O6. The summed E-state index contributed by atoms with van der Waals surface area (Å²) < 4.78 is 20.9. The minimum atomic E-state index is -0.819. The molecule has 0 fully saturated rings. The topological polar surface area (TPSA) is 109 Å². The van der Waals surface area contributed by atoms with Crippen molar-refractivity contribution in [1.82, 2.24) is 15.3 Å². The Hall–Kier alpha value is -3.10. The fourth-order valence-corrected chi connectivity index (χ4v) is 3.08. The summed E-state index contributed by atoms with van der Waals surface area (Å²) in [7, 11) is 2.87. The van der Waals surface area contributed by atoms with Gasteiger partial charge in [0.15, 0.2) is 0 Å². The van der Waals surface area contributed by atoms with Crippen LogP contribution in [0.1, 0.15) is 39.2 Å². The van der Waals surface area contributed by atoms with Crippen molar-refractivity contribution in [2.75, 3.05) is 27.4 Å². The summed E-state index contributed by atoms with van der Waals surface area (Å²) in [5, 5.41) is 3.07. The van der Waals surface area contributed by atoms with Crippen LogP contribution in [0.25, 0.3) is 0 Å². The predicted octanol–water partition coefficient (Wildman–Crippen LogP) is 1.85. The maximum atomic E-state index is 12.7. The number of nitrogens with one attached hydrogen (secondary N) is 1. The Balaban J connectivity index is 2.73. The highest BCUT2D eigenvalue weighted by atomic mass is 16.5. The number of nitrogens with zero attached hydrogens (tertiary/aromatic N) is 2. The van der Waals surface area contributed by atoms with Crippen LogP contribution in [-0.4, -0.2) is 49.3 Å². The van der Waals surface area contributed by atoms with Crippen molar-refractivity contribution < 1.29 is 28.5 Å². The molecule has 0 amide bonds. The lowest BCUT2D eigenvalue weighted by Crippen LogP contribution is -2.33. The lowest BCUT2D eigenvalue weighted by Gasteiger charge is -2.30. The number of rotatable bonds is 7. The van der Waals surface area contributed by atoms with Crippen LogP contribution in [0.15, 0.2) is 28.7 Å². The number of aromatic nitrogens is 2. The number of carbonyl (C=O) groups is 2. The third kappa shape index (κ3) is 4.08. The van der Waals surface area contributed by atoms with Gasteiger partial charge in [0, 0.05) is 23.2 Å². The van der Waals surface area contributed by atoms with Gasteiger partial charge in [-0.3, -0.25) is 0 Å². The fraction of sp³-hybridized carbons (Fsp3) is 0.474. The Kier molecular flexibility index (Phi) is 6.97. The number of methoxy groups -OCH3 is 2. The molecule has 9 heteroatoms. The zero-order chi connectivity index (χ0) is 20.8. The molecule has 0 spiro atoms. The average molecular weight is 391 g/mol. The number of hydrogen-bond acceptors (Lipinski definition) is 9. The molecule has 0 aliphatic carbocycles. The van der Waals surface area contributed by atoms with Gasteiger partial charge in [0.1, 0.15) is 0 Å². The van der Waals surface area contributed by atoms with E-state index in [1.54, 1.807) is 27.7 Å². The van der Waals surface area contributed by atoms with Crippen molar-refractivity contribution >= 4 is 11.9 Å². The zero-order valence-electron chi connectivity index (χ0n) is 16.9. The van der Waals surface area contributed by atoms with Gasteiger partial charge in [-0.2, -0.15) is 4.98 Å². The van der Waals surface area contributed by atoms with Crippen LogP contribution < -0.4 is 14.8 Å². The van der Waals surface area contributed by atoms with Crippen LogP contribution in [0.2, 0.25) is 0 Å². The molecule has 0 saturated carbocycles. The van der Waals surface area contributed by atoms with E-state index in [1.807, 2.05) is 0 Å². The molecule has 1 N–H and O–H groups in total. The van der Waals surface area contributed by atoms with E-state index in [0.717, 1.165) is 0 Å². The number of carbonyl (C=O) groups excluding carboxylic acids is 2. The van der Waals surface area contributed by atoms with Crippen LogP contribution in [0, 0.1) is 0 Å². The zero-order valence-corrected chi connectivity index (χ0v) is 16.9. The van der Waals surface area contributed by atoms with Crippen LogP contribution in [0.5, 0.6) is 11.9 Å². The maximum Gasteiger partial charge on any atom is 0.336 e. The molecule has 2 heterocycles. The van der Waals surface area contributed by atoms with E-state index in [4.69, 9.17) is 18.9 Å². The molecule has 28 heavy (non-hydrogen) atoms. The molecule has 2 rings (SSSR count). The smallest absolute Gasteiger partial charge is 0.336 e. The molecule has 0 aromatic carbocycles. The van der Waals surface area contributed by atoms with Gasteiger partial charge in [-0.15, -0.1) is 0 Å². The highest BCUT2D eigenvalue weighted by molar-refractivity contribution is 6.00. The highest BCUT2D eigenvalue weighted by Crippen LogP contribution is 2.42. The quantitative estimate of drug-likeness (QED) is 0.696. The van der Waals surface area contributed by atoms with Gasteiger partial charge >= 0.3 is 17.9 Å². The van der Waals surface area contributed by atoms with Crippen LogP contribution in [0.4, 0.5) is 0 Å². The summed E-state index contributed by atoms with van der Waals surface area (Å²) in [5.41, 5.74) is 2.08.